The molecule has 0 aromatic carbocycles. The monoisotopic (exact) mass is 857 g/mol. The second kappa shape index (κ2) is 40.4. The number of unbranched alkanes of at least 4 members (excludes halogenated alkanes) is 26. The number of hydrogen-bond donors (Lipinski definition) is 1. The Morgan fingerprint density at radius 3 is 1.07 bits per heavy atom. The summed E-state index contributed by atoms with van der Waals surface area (Å²) in [7, 11) is 0. The normalized spacial score (nSPS) is 14.8. The molecule has 0 atom stereocenters. The summed E-state index contributed by atoms with van der Waals surface area (Å²) in [6.07, 6.45) is 49.9. The third-order valence-electron chi connectivity index (χ3n) is 12.1. The van der Waals surface area contributed by atoms with Gasteiger partial charge in [-0.15, -0.1) is 0 Å². The molecular formula is C53H100N4O4. The van der Waals surface area contributed by atoms with Crippen LogP contribution in [-0.4, -0.2) is 90.6 Å². The third-order valence-corrected chi connectivity index (χ3v) is 12.1. The molecule has 0 radical (unpaired) electrons. The van der Waals surface area contributed by atoms with Gasteiger partial charge in [0.05, 0.1) is 0 Å². The largest absolute Gasteiger partial charge is 0.444 e. The maximum atomic E-state index is 12.4. The minimum absolute atomic E-state index is 0.233. The first-order valence-corrected chi connectivity index (χ1v) is 26.2. The van der Waals surface area contributed by atoms with Crippen LogP contribution < -0.4 is 5.32 Å². The molecule has 0 saturated carbocycles. The molecule has 0 spiro atoms. The van der Waals surface area contributed by atoms with Crippen molar-refractivity contribution in [3.63, 3.8) is 0 Å². The highest BCUT2D eigenvalue weighted by atomic mass is 16.6. The maximum Gasteiger partial charge on any atom is 0.410 e. The first-order chi connectivity index (χ1) is 29.7. The Labute approximate surface area is 378 Å². The first kappa shape index (κ1) is 56.7. The Balaban J connectivity index is 0.000000626. The number of piperazine rings is 2. The van der Waals surface area contributed by atoms with Crippen LogP contribution in [0.4, 0.5) is 4.79 Å². The fraction of sp³-hybridized carbons (Fsp3) is 0.868. The van der Waals surface area contributed by atoms with Crippen molar-refractivity contribution in [1.29, 1.82) is 0 Å². The minimum Gasteiger partial charge on any atom is -0.444 e. The number of amides is 3. The molecule has 1 N–H and O–H groups in total. The lowest BCUT2D eigenvalue weighted by Crippen LogP contribution is -2.51. The summed E-state index contributed by atoms with van der Waals surface area (Å²) >= 11 is 0. The van der Waals surface area contributed by atoms with E-state index in [4.69, 9.17) is 4.74 Å². The predicted octanol–water partition coefficient (Wildman–Crippen LogP) is 14.1. The number of nitrogens with zero attached hydrogens (tertiary/aromatic N) is 3. The van der Waals surface area contributed by atoms with Crippen LogP contribution in [0.5, 0.6) is 0 Å². The van der Waals surface area contributed by atoms with Crippen molar-refractivity contribution in [3.05, 3.63) is 24.3 Å². The number of nitrogens with one attached hydrogen (secondary N) is 1. The molecule has 2 aliphatic heterocycles. The van der Waals surface area contributed by atoms with Crippen LogP contribution in [0.15, 0.2) is 24.3 Å². The number of rotatable bonds is 34. The fourth-order valence-electron chi connectivity index (χ4n) is 8.10. The molecule has 2 aliphatic rings. The highest BCUT2D eigenvalue weighted by molar-refractivity contribution is 5.77. The molecule has 2 heterocycles. The smallest absolute Gasteiger partial charge is 0.410 e. The molecule has 8 heteroatoms. The number of hydrogen-bond acceptors (Lipinski definition) is 5. The van der Waals surface area contributed by atoms with Gasteiger partial charge < -0.3 is 24.8 Å². The molecule has 2 saturated heterocycles. The van der Waals surface area contributed by atoms with Gasteiger partial charge in [-0.3, -0.25) is 9.59 Å². The van der Waals surface area contributed by atoms with E-state index >= 15 is 0 Å². The van der Waals surface area contributed by atoms with Crippen LogP contribution in [0.1, 0.15) is 240 Å². The number of ether oxygens (including phenoxy) is 1. The molecule has 0 aromatic heterocycles. The standard InChI is InChI=1S/C29H54N2O3.C24H46N2O/c1-5-6-7-8-9-10-11-12-13-14-15-16-17-18-19-20-21-22-27(32)30-23-25-31(26-24-30)28(33)34-29(2,3)4;1-2-3-4-5-6-7-8-9-10-11-12-13-14-15-16-17-18-19-24(27)26-22-20-25-21-23-26/h12-13H,5-11,14-26H2,1-4H3;9-10,25H,2-8,11-23H2,1H3/b13-12-;10-9-. The summed E-state index contributed by atoms with van der Waals surface area (Å²) in [5.74, 6) is 0.598. The van der Waals surface area contributed by atoms with Crippen molar-refractivity contribution in [3.8, 4) is 0 Å². The second-order valence-corrected chi connectivity index (χ2v) is 19.1. The fourth-order valence-corrected chi connectivity index (χ4v) is 8.10. The number of allylic oxidation sites excluding steroid dienone is 4. The minimum atomic E-state index is -0.478. The van der Waals surface area contributed by atoms with Crippen molar-refractivity contribution in [1.82, 2.24) is 20.0 Å². The molecule has 2 rings (SSSR count). The van der Waals surface area contributed by atoms with Gasteiger partial charge in [0.15, 0.2) is 0 Å². The lowest BCUT2D eigenvalue weighted by atomic mass is 10.1. The van der Waals surface area contributed by atoms with Gasteiger partial charge in [-0.1, -0.05) is 167 Å². The second-order valence-electron chi connectivity index (χ2n) is 19.1. The van der Waals surface area contributed by atoms with Gasteiger partial charge in [-0.2, -0.15) is 0 Å². The Morgan fingerprint density at radius 2 is 0.721 bits per heavy atom. The molecule has 356 valence electrons. The van der Waals surface area contributed by atoms with E-state index in [0.717, 1.165) is 51.9 Å². The van der Waals surface area contributed by atoms with E-state index in [1.54, 1.807) is 4.90 Å². The maximum absolute atomic E-state index is 12.4. The van der Waals surface area contributed by atoms with Crippen LogP contribution in [-0.2, 0) is 14.3 Å². The van der Waals surface area contributed by atoms with Crippen LogP contribution in [0.2, 0.25) is 0 Å². The molecule has 61 heavy (non-hydrogen) atoms. The zero-order valence-corrected chi connectivity index (χ0v) is 41.1. The van der Waals surface area contributed by atoms with Gasteiger partial charge >= 0.3 is 6.09 Å². The predicted molar refractivity (Wildman–Crippen MR) is 261 cm³/mol. The molecule has 0 aliphatic carbocycles. The molecule has 3 amide bonds. The molecule has 0 aromatic rings. The average Bonchev–Trinajstić information content (AvgIpc) is 3.25. The van der Waals surface area contributed by atoms with Gasteiger partial charge in [-0.25, -0.2) is 4.79 Å². The quantitative estimate of drug-likeness (QED) is 0.0515. The molecule has 0 unspecified atom stereocenters. The van der Waals surface area contributed by atoms with E-state index in [1.165, 1.54) is 173 Å². The molecule has 0 bridgehead atoms. The van der Waals surface area contributed by atoms with Gasteiger partial charge in [0.2, 0.25) is 11.8 Å². The SMILES string of the molecule is CCCCCCCC/C=C\CCCCCCCCCC(=O)N1CCN(C(=O)OC(C)(C)C)CC1.CCCCCCCC/C=C\CCCCCCCCCC(=O)N1CCNCC1. The Hall–Kier alpha value is -2.35. The summed E-state index contributed by atoms with van der Waals surface area (Å²) < 4.78 is 5.42. The molecule has 2 fully saturated rings. The van der Waals surface area contributed by atoms with Crippen molar-refractivity contribution in [2.75, 3.05) is 52.4 Å². The van der Waals surface area contributed by atoms with Gasteiger partial charge in [0.25, 0.3) is 0 Å². The van der Waals surface area contributed by atoms with Gasteiger partial charge in [0, 0.05) is 65.2 Å². The third kappa shape index (κ3) is 35.8. The van der Waals surface area contributed by atoms with E-state index in [9.17, 15) is 14.4 Å². The van der Waals surface area contributed by atoms with E-state index < -0.39 is 5.60 Å². The Bertz CT molecular complexity index is 1090. The average molecular weight is 857 g/mol. The Kier molecular flexibility index (Phi) is 37.6. The van der Waals surface area contributed by atoms with Crippen LogP contribution in [0.3, 0.4) is 0 Å². The van der Waals surface area contributed by atoms with Crippen LogP contribution in [0.25, 0.3) is 0 Å². The zero-order valence-electron chi connectivity index (χ0n) is 41.1. The molecular weight excluding hydrogens is 757 g/mol. The highest BCUT2D eigenvalue weighted by Gasteiger charge is 2.27. The first-order valence-electron chi connectivity index (χ1n) is 26.2. The zero-order chi connectivity index (χ0) is 44.5. The summed E-state index contributed by atoms with van der Waals surface area (Å²) in [5.41, 5.74) is -0.478. The van der Waals surface area contributed by atoms with Crippen LogP contribution in [0, 0.1) is 0 Å². The summed E-state index contributed by atoms with van der Waals surface area (Å²) in [5, 5.41) is 3.30. The topological polar surface area (TPSA) is 82.2 Å². The number of carbonyl (C=O) groups is 3. The van der Waals surface area contributed by atoms with E-state index in [2.05, 4.69) is 43.5 Å². The van der Waals surface area contributed by atoms with E-state index in [-0.39, 0.29) is 12.0 Å². The lowest BCUT2D eigenvalue weighted by molar-refractivity contribution is -0.133. The summed E-state index contributed by atoms with van der Waals surface area (Å²) in [6.45, 7) is 16.2. The van der Waals surface area contributed by atoms with Crippen molar-refractivity contribution in [2.45, 2.75) is 246 Å². The van der Waals surface area contributed by atoms with Crippen molar-refractivity contribution >= 4 is 17.9 Å². The van der Waals surface area contributed by atoms with Gasteiger partial charge in [-0.05, 0) is 85.0 Å². The summed E-state index contributed by atoms with van der Waals surface area (Å²) in [4.78, 5) is 42.3. The molecule has 8 nitrogen and oxygen atoms in total. The lowest BCUT2D eigenvalue weighted by Gasteiger charge is -2.35. The van der Waals surface area contributed by atoms with E-state index in [1.807, 2.05) is 30.6 Å². The Morgan fingerprint density at radius 1 is 0.426 bits per heavy atom. The van der Waals surface area contributed by atoms with Gasteiger partial charge in [0.1, 0.15) is 5.60 Å². The summed E-state index contributed by atoms with van der Waals surface area (Å²) in [6, 6.07) is 0. The van der Waals surface area contributed by atoms with Crippen molar-refractivity contribution in [2.24, 2.45) is 0 Å². The number of carbonyl (C=O) groups excluding carboxylic acids is 3. The highest BCUT2D eigenvalue weighted by Crippen LogP contribution is 2.16. The van der Waals surface area contributed by atoms with Crippen molar-refractivity contribution < 1.29 is 19.1 Å². The van der Waals surface area contributed by atoms with Crippen LogP contribution >= 0.6 is 0 Å². The van der Waals surface area contributed by atoms with E-state index in [0.29, 0.717) is 38.5 Å².